The lowest BCUT2D eigenvalue weighted by Gasteiger charge is -2.29. The molecule has 0 spiro atoms. The van der Waals surface area contributed by atoms with Crippen LogP contribution in [-0.2, 0) is 4.79 Å². The van der Waals surface area contributed by atoms with Crippen molar-refractivity contribution in [3.8, 4) is 5.75 Å². The monoisotopic (exact) mass is 352 g/mol. The van der Waals surface area contributed by atoms with Gasteiger partial charge in [-0.25, -0.2) is 0 Å². The molecule has 26 heavy (non-hydrogen) atoms. The molecule has 5 heteroatoms. The number of likely N-dealkylation sites (tertiary alicyclic amines) is 1. The van der Waals surface area contributed by atoms with Gasteiger partial charge in [-0.1, -0.05) is 18.2 Å². The summed E-state index contributed by atoms with van der Waals surface area (Å²) >= 11 is 0. The predicted molar refractivity (Wildman–Crippen MR) is 102 cm³/mol. The lowest BCUT2D eigenvalue weighted by molar-refractivity contribution is -0.127. The SMILES string of the molecule is COc1ccccc1N(CN1CCCC1=O)C(=O)c1ccc(C)c(C)c1. The Labute approximate surface area is 154 Å². The topological polar surface area (TPSA) is 49.9 Å². The zero-order chi connectivity index (χ0) is 18.7. The molecule has 0 saturated carbocycles. The van der Waals surface area contributed by atoms with Crippen LogP contribution < -0.4 is 9.64 Å². The molecule has 1 heterocycles. The lowest BCUT2D eigenvalue weighted by atomic mass is 10.1. The number of rotatable bonds is 5. The number of carbonyl (C=O) groups excluding carboxylic acids is 2. The van der Waals surface area contributed by atoms with E-state index in [1.807, 2.05) is 56.3 Å². The Kier molecular flexibility index (Phi) is 5.26. The molecule has 1 aliphatic rings. The summed E-state index contributed by atoms with van der Waals surface area (Å²) < 4.78 is 5.45. The molecule has 136 valence electrons. The summed E-state index contributed by atoms with van der Waals surface area (Å²) in [7, 11) is 1.58. The van der Waals surface area contributed by atoms with E-state index in [1.165, 1.54) is 0 Å². The van der Waals surface area contributed by atoms with Gasteiger partial charge in [0.15, 0.2) is 0 Å². The third kappa shape index (κ3) is 3.57. The number of aryl methyl sites for hydroxylation is 2. The third-order valence-electron chi connectivity index (χ3n) is 4.86. The zero-order valence-electron chi connectivity index (χ0n) is 15.5. The van der Waals surface area contributed by atoms with Crippen molar-refractivity contribution in [3.63, 3.8) is 0 Å². The van der Waals surface area contributed by atoms with Crippen molar-refractivity contribution in [1.82, 2.24) is 4.90 Å². The number of nitrogens with zero attached hydrogens (tertiary/aromatic N) is 2. The smallest absolute Gasteiger partial charge is 0.259 e. The van der Waals surface area contributed by atoms with Crippen LogP contribution in [0.3, 0.4) is 0 Å². The average molecular weight is 352 g/mol. The number of anilines is 1. The Bertz CT molecular complexity index is 832. The first-order valence-corrected chi connectivity index (χ1v) is 8.81. The molecule has 0 unspecified atom stereocenters. The zero-order valence-corrected chi connectivity index (χ0v) is 15.5. The molecule has 0 aliphatic carbocycles. The highest BCUT2D eigenvalue weighted by Crippen LogP contribution is 2.30. The number of hydrogen-bond acceptors (Lipinski definition) is 3. The van der Waals surface area contributed by atoms with Crippen molar-refractivity contribution in [2.75, 3.05) is 25.2 Å². The van der Waals surface area contributed by atoms with Crippen molar-refractivity contribution < 1.29 is 14.3 Å². The highest BCUT2D eigenvalue weighted by Gasteiger charge is 2.28. The summed E-state index contributed by atoms with van der Waals surface area (Å²) in [6.45, 7) is 4.91. The fraction of sp³-hybridized carbons (Fsp3) is 0.333. The highest BCUT2D eigenvalue weighted by atomic mass is 16.5. The van der Waals surface area contributed by atoms with Crippen LogP contribution in [0, 0.1) is 13.8 Å². The number of hydrogen-bond donors (Lipinski definition) is 0. The number of para-hydroxylation sites is 2. The number of benzene rings is 2. The van der Waals surface area contributed by atoms with Gasteiger partial charge in [-0.15, -0.1) is 0 Å². The number of methoxy groups -OCH3 is 1. The van der Waals surface area contributed by atoms with Gasteiger partial charge in [0, 0.05) is 18.5 Å². The minimum absolute atomic E-state index is 0.0813. The van der Waals surface area contributed by atoms with E-state index in [-0.39, 0.29) is 18.5 Å². The van der Waals surface area contributed by atoms with Crippen LogP contribution in [0.5, 0.6) is 5.75 Å². The van der Waals surface area contributed by atoms with Crippen LogP contribution in [0.25, 0.3) is 0 Å². The van der Waals surface area contributed by atoms with E-state index >= 15 is 0 Å². The predicted octanol–water partition coefficient (Wildman–Crippen LogP) is 3.54. The van der Waals surface area contributed by atoms with Gasteiger partial charge in [0.1, 0.15) is 12.4 Å². The van der Waals surface area contributed by atoms with E-state index in [0.717, 1.165) is 17.5 Å². The van der Waals surface area contributed by atoms with E-state index in [1.54, 1.807) is 16.9 Å². The quantitative estimate of drug-likeness (QED) is 0.827. The summed E-state index contributed by atoms with van der Waals surface area (Å²) in [5, 5.41) is 0. The molecule has 0 radical (unpaired) electrons. The molecule has 1 fully saturated rings. The van der Waals surface area contributed by atoms with Crippen LogP contribution in [0.2, 0.25) is 0 Å². The number of amides is 2. The first-order valence-electron chi connectivity index (χ1n) is 8.81. The average Bonchev–Trinajstić information content (AvgIpc) is 3.06. The van der Waals surface area contributed by atoms with Gasteiger partial charge in [0.2, 0.25) is 5.91 Å². The Morgan fingerprint density at radius 3 is 2.58 bits per heavy atom. The van der Waals surface area contributed by atoms with E-state index in [2.05, 4.69) is 0 Å². The molecule has 5 nitrogen and oxygen atoms in total. The molecule has 0 bridgehead atoms. The molecule has 2 aromatic rings. The Morgan fingerprint density at radius 2 is 1.92 bits per heavy atom. The van der Waals surface area contributed by atoms with E-state index in [0.29, 0.717) is 30.0 Å². The molecular weight excluding hydrogens is 328 g/mol. The molecule has 0 atom stereocenters. The van der Waals surface area contributed by atoms with Gasteiger partial charge in [0.25, 0.3) is 5.91 Å². The Morgan fingerprint density at radius 1 is 1.15 bits per heavy atom. The molecule has 0 aromatic heterocycles. The van der Waals surface area contributed by atoms with Crippen molar-refractivity contribution in [2.24, 2.45) is 0 Å². The summed E-state index contributed by atoms with van der Waals surface area (Å²) in [4.78, 5) is 28.8. The minimum atomic E-state index is -0.141. The third-order valence-corrected chi connectivity index (χ3v) is 4.86. The molecule has 1 aliphatic heterocycles. The van der Waals surface area contributed by atoms with E-state index in [9.17, 15) is 9.59 Å². The van der Waals surface area contributed by atoms with Crippen LogP contribution in [0.4, 0.5) is 5.69 Å². The van der Waals surface area contributed by atoms with Crippen molar-refractivity contribution in [3.05, 3.63) is 59.2 Å². The van der Waals surface area contributed by atoms with Crippen molar-refractivity contribution in [1.29, 1.82) is 0 Å². The maximum Gasteiger partial charge on any atom is 0.259 e. The first-order chi connectivity index (χ1) is 12.5. The number of ether oxygens (including phenoxy) is 1. The van der Waals surface area contributed by atoms with Crippen molar-refractivity contribution >= 4 is 17.5 Å². The molecule has 0 N–H and O–H groups in total. The summed E-state index contributed by atoms with van der Waals surface area (Å²) in [5.74, 6) is 0.548. The van der Waals surface area contributed by atoms with Crippen LogP contribution in [-0.4, -0.2) is 37.0 Å². The van der Waals surface area contributed by atoms with E-state index < -0.39 is 0 Å². The van der Waals surface area contributed by atoms with Gasteiger partial charge in [0.05, 0.1) is 12.8 Å². The largest absolute Gasteiger partial charge is 0.495 e. The summed E-state index contributed by atoms with van der Waals surface area (Å²) in [6, 6.07) is 13.1. The van der Waals surface area contributed by atoms with Gasteiger partial charge < -0.3 is 9.64 Å². The Balaban J connectivity index is 2.00. The fourth-order valence-electron chi connectivity index (χ4n) is 3.16. The van der Waals surface area contributed by atoms with Crippen LogP contribution >= 0.6 is 0 Å². The fourth-order valence-corrected chi connectivity index (χ4v) is 3.16. The standard InChI is InChI=1S/C21H24N2O3/c1-15-10-11-17(13-16(15)2)21(25)23(14-22-12-6-9-20(22)24)18-7-4-5-8-19(18)26-3/h4-5,7-8,10-11,13H,6,9,12,14H2,1-3H3. The van der Waals surface area contributed by atoms with Crippen molar-refractivity contribution in [2.45, 2.75) is 26.7 Å². The molecule has 1 saturated heterocycles. The van der Waals surface area contributed by atoms with Gasteiger partial charge in [-0.3, -0.25) is 14.5 Å². The van der Waals surface area contributed by atoms with Gasteiger partial charge >= 0.3 is 0 Å². The highest BCUT2D eigenvalue weighted by molar-refractivity contribution is 6.07. The maximum absolute atomic E-state index is 13.3. The van der Waals surface area contributed by atoms with E-state index in [4.69, 9.17) is 4.74 Å². The van der Waals surface area contributed by atoms with Gasteiger partial charge in [-0.05, 0) is 55.7 Å². The first kappa shape index (κ1) is 18.0. The molecular formula is C21H24N2O3. The summed E-state index contributed by atoms with van der Waals surface area (Å²) in [5.41, 5.74) is 3.47. The maximum atomic E-state index is 13.3. The Hall–Kier alpha value is -2.82. The second kappa shape index (κ2) is 7.60. The lowest BCUT2D eigenvalue weighted by Crippen LogP contribution is -2.42. The van der Waals surface area contributed by atoms with Crippen LogP contribution in [0.1, 0.15) is 34.3 Å². The summed E-state index contributed by atoms with van der Waals surface area (Å²) in [6.07, 6.45) is 1.37. The molecule has 3 rings (SSSR count). The van der Waals surface area contributed by atoms with Crippen LogP contribution in [0.15, 0.2) is 42.5 Å². The van der Waals surface area contributed by atoms with Gasteiger partial charge in [-0.2, -0.15) is 0 Å². The minimum Gasteiger partial charge on any atom is -0.495 e. The molecule has 2 amide bonds. The normalized spacial score (nSPS) is 13.8. The molecule has 2 aromatic carbocycles. The second-order valence-corrected chi connectivity index (χ2v) is 6.61. The second-order valence-electron chi connectivity index (χ2n) is 6.61. The number of carbonyl (C=O) groups is 2.